The average molecular weight is 637 g/mol. The summed E-state index contributed by atoms with van der Waals surface area (Å²) in [7, 11) is -3.37. The predicted molar refractivity (Wildman–Crippen MR) is 153 cm³/mol. The van der Waals surface area contributed by atoms with Gasteiger partial charge >= 0.3 is 7.60 Å². The highest BCUT2D eigenvalue weighted by molar-refractivity contribution is 7.53. The first-order chi connectivity index (χ1) is 18.6. The molecule has 1 amide bonds. The second-order valence-corrected chi connectivity index (χ2v) is 12.2. The van der Waals surface area contributed by atoms with Gasteiger partial charge in [0.05, 0.1) is 29.4 Å². The fraction of sp³-hybridized carbons (Fsp3) is 0.360. The van der Waals surface area contributed by atoms with Crippen LogP contribution in [0.2, 0.25) is 10.0 Å². The highest BCUT2D eigenvalue weighted by Gasteiger charge is 2.27. The van der Waals surface area contributed by atoms with E-state index >= 15 is 0 Å². The van der Waals surface area contributed by atoms with Crippen molar-refractivity contribution in [3.05, 3.63) is 52.6 Å². The quantitative estimate of drug-likeness (QED) is 0.132. The fourth-order valence-electron chi connectivity index (χ4n) is 3.65. The van der Waals surface area contributed by atoms with Gasteiger partial charge in [0.2, 0.25) is 0 Å². The monoisotopic (exact) mass is 635 g/mol. The summed E-state index contributed by atoms with van der Waals surface area (Å²) < 4.78 is 28.6. The van der Waals surface area contributed by atoms with Crippen LogP contribution in [-0.4, -0.2) is 52.6 Å². The van der Waals surface area contributed by atoms with Crippen LogP contribution in [0.3, 0.4) is 0 Å². The van der Waals surface area contributed by atoms with Crippen LogP contribution in [0.4, 0.5) is 5.69 Å². The number of carbonyl (C=O) groups is 2. The van der Waals surface area contributed by atoms with Crippen LogP contribution in [0.1, 0.15) is 26.7 Å². The molecular formula is C25H26Cl4N3O6P. The van der Waals surface area contributed by atoms with E-state index in [4.69, 9.17) is 60.0 Å². The maximum Gasteiger partial charge on any atom is 0.331 e. The van der Waals surface area contributed by atoms with Crippen molar-refractivity contribution in [2.75, 3.05) is 30.8 Å². The first-order valence-electron chi connectivity index (χ1n) is 12.0. The third-order valence-corrected chi connectivity index (χ3v) is 8.50. The Kier molecular flexibility index (Phi) is 11.8. The Morgan fingerprint density at radius 1 is 1.03 bits per heavy atom. The number of rotatable bonds is 14. The van der Waals surface area contributed by atoms with Crippen LogP contribution in [0.5, 0.6) is 0 Å². The molecule has 0 atom stereocenters. The number of halogens is 4. The molecule has 0 radical (unpaired) electrons. The summed E-state index contributed by atoms with van der Waals surface area (Å²) in [4.78, 5) is 29.7. The van der Waals surface area contributed by atoms with E-state index in [0.717, 1.165) is 0 Å². The summed E-state index contributed by atoms with van der Waals surface area (Å²) in [5, 5.41) is 4.86. The van der Waals surface area contributed by atoms with Gasteiger partial charge in [0.25, 0.3) is 5.91 Å². The molecule has 1 aromatic carbocycles. The zero-order valence-electron chi connectivity index (χ0n) is 21.1. The number of Topliss-reactive ketones (excluding diaryl/α,β-unsaturated/α-hetero) is 1. The van der Waals surface area contributed by atoms with Gasteiger partial charge in [-0.05, 0) is 38.1 Å². The zero-order valence-corrected chi connectivity index (χ0v) is 25.0. The van der Waals surface area contributed by atoms with Gasteiger partial charge in [-0.1, -0.05) is 57.6 Å². The van der Waals surface area contributed by atoms with E-state index in [1.54, 1.807) is 50.2 Å². The first kappa shape index (κ1) is 31.6. The SMILES string of the molecule is CCOP(=O)(CCC(=O)CCN(C(=O)C(Cl)Cl)c1ccnc(-c2cc(-c3c(Cl)cccc3Cl)no2)c1)OCC. The molecule has 0 saturated heterocycles. The van der Waals surface area contributed by atoms with Gasteiger partial charge in [0.1, 0.15) is 17.2 Å². The molecule has 2 aromatic heterocycles. The Morgan fingerprint density at radius 2 is 1.69 bits per heavy atom. The van der Waals surface area contributed by atoms with Crippen molar-refractivity contribution in [2.24, 2.45) is 0 Å². The Balaban J connectivity index is 1.78. The molecule has 0 unspecified atom stereocenters. The summed E-state index contributed by atoms with van der Waals surface area (Å²) >= 11 is 24.3. The molecule has 0 aliphatic rings. The van der Waals surface area contributed by atoms with Gasteiger partial charge < -0.3 is 18.5 Å². The number of anilines is 1. The molecule has 0 aliphatic heterocycles. The van der Waals surface area contributed by atoms with Gasteiger partial charge in [0.15, 0.2) is 10.6 Å². The molecule has 9 nitrogen and oxygen atoms in total. The minimum absolute atomic E-state index is 0.0263. The third kappa shape index (κ3) is 8.51. The molecule has 0 fully saturated rings. The molecule has 3 aromatic rings. The molecule has 0 spiro atoms. The standard InChI is InChI=1S/C25H26Cl4N3O6P/c1-3-36-39(35,37-4-2)13-10-17(33)9-12-32(25(34)24(28)29)16-8-11-30-20(14-16)22-15-21(31-38-22)23-18(26)6-5-7-19(23)27/h5-8,11,14-15,24H,3-4,9-10,12-13H2,1-2H3. The number of carbonyl (C=O) groups excluding carboxylic acids is 2. The van der Waals surface area contributed by atoms with Crippen LogP contribution < -0.4 is 4.90 Å². The highest BCUT2D eigenvalue weighted by Crippen LogP contribution is 2.48. The first-order valence-corrected chi connectivity index (χ1v) is 15.3. The maximum absolute atomic E-state index is 12.8. The normalized spacial score (nSPS) is 11.7. The molecule has 3 rings (SSSR count). The van der Waals surface area contributed by atoms with Crippen LogP contribution in [-0.2, 0) is 23.2 Å². The van der Waals surface area contributed by atoms with Gasteiger partial charge in [-0.3, -0.25) is 19.1 Å². The van der Waals surface area contributed by atoms with Crippen LogP contribution in [0.15, 0.2) is 47.1 Å². The van der Waals surface area contributed by atoms with E-state index in [0.29, 0.717) is 38.4 Å². The van der Waals surface area contributed by atoms with Crippen molar-refractivity contribution in [3.63, 3.8) is 0 Å². The van der Waals surface area contributed by atoms with Crippen molar-refractivity contribution < 1.29 is 27.7 Å². The number of hydrogen-bond donors (Lipinski definition) is 0. The van der Waals surface area contributed by atoms with Crippen LogP contribution in [0.25, 0.3) is 22.7 Å². The molecule has 2 heterocycles. The zero-order chi connectivity index (χ0) is 28.6. The minimum atomic E-state index is -3.37. The van der Waals surface area contributed by atoms with Crippen molar-refractivity contribution in [1.29, 1.82) is 0 Å². The summed E-state index contributed by atoms with van der Waals surface area (Å²) in [5.41, 5.74) is 1.65. The number of nitrogens with zero attached hydrogens (tertiary/aromatic N) is 3. The molecule has 0 bridgehead atoms. The third-order valence-electron chi connectivity index (χ3n) is 5.42. The lowest BCUT2D eigenvalue weighted by atomic mass is 10.1. The molecule has 0 saturated carbocycles. The number of pyridine rings is 1. The number of aromatic nitrogens is 2. The van der Waals surface area contributed by atoms with Crippen molar-refractivity contribution in [1.82, 2.24) is 10.1 Å². The topological polar surface area (TPSA) is 112 Å². The Labute approximate surface area is 246 Å². The van der Waals surface area contributed by atoms with Crippen molar-refractivity contribution >= 4 is 71.4 Å². The summed E-state index contributed by atoms with van der Waals surface area (Å²) in [6, 6.07) is 9.85. The summed E-state index contributed by atoms with van der Waals surface area (Å²) in [6.07, 6.45) is 1.32. The second kappa shape index (κ2) is 14.6. The molecule has 210 valence electrons. The van der Waals surface area contributed by atoms with Crippen molar-refractivity contribution in [2.45, 2.75) is 31.5 Å². The molecule has 39 heavy (non-hydrogen) atoms. The molecule has 0 aliphatic carbocycles. The van der Waals surface area contributed by atoms with Gasteiger partial charge in [-0.2, -0.15) is 0 Å². The number of ketones is 1. The van der Waals surface area contributed by atoms with Gasteiger partial charge in [0, 0.05) is 42.9 Å². The second-order valence-electron chi connectivity index (χ2n) is 8.07. The lowest BCUT2D eigenvalue weighted by Gasteiger charge is -2.23. The van der Waals surface area contributed by atoms with Gasteiger partial charge in [-0.25, -0.2) is 0 Å². The predicted octanol–water partition coefficient (Wildman–Crippen LogP) is 7.46. The highest BCUT2D eigenvalue weighted by atomic mass is 35.5. The van der Waals surface area contributed by atoms with Gasteiger partial charge in [-0.15, -0.1) is 0 Å². The minimum Gasteiger partial charge on any atom is -0.354 e. The van der Waals surface area contributed by atoms with E-state index < -0.39 is 18.3 Å². The number of amides is 1. The maximum atomic E-state index is 12.8. The van der Waals surface area contributed by atoms with E-state index in [1.807, 2.05) is 0 Å². The number of benzene rings is 1. The molecule has 0 N–H and O–H groups in total. The Hall–Kier alpha value is -1.97. The number of hydrogen-bond acceptors (Lipinski definition) is 8. The molecular weight excluding hydrogens is 611 g/mol. The summed E-state index contributed by atoms with van der Waals surface area (Å²) in [5.74, 6) is -0.570. The lowest BCUT2D eigenvalue weighted by Crippen LogP contribution is -2.36. The van der Waals surface area contributed by atoms with E-state index in [-0.39, 0.29) is 44.5 Å². The van der Waals surface area contributed by atoms with E-state index in [2.05, 4.69) is 10.1 Å². The average Bonchev–Trinajstić information content (AvgIpc) is 3.38. The van der Waals surface area contributed by atoms with Crippen LogP contribution in [0, 0.1) is 0 Å². The largest absolute Gasteiger partial charge is 0.354 e. The van der Waals surface area contributed by atoms with E-state index in [1.165, 1.54) is 11.1 Å². The Bertz CT molecular complexity index is 1320. The lowest BCUT2D eigenvalue weighted by molar-refractivity contribution is -0.119. The van der Waals surface area contributed by atoms with Crippen molar-refractivity contribution in [3.8, 4) is 22.7 Å². The van der Waals surface area contributed by atoms with Crippen LogP contribution >= 0.6 is 54.0 Å². The summed E-state index contributed by atoms with van der Waals surface area (Å²) in [6.45, 7) is 3.76. The Morgan fingerprint density at radius 3 is 2.31 bits per heavy atom. The number of alkyl halides is 2. The fourth-order valence-corrected chi connectivity index (χ4v) is 6.11. The van der Waals surface area contributed by atoms with E-state index in [9.17, 15) is 14.2 Å². The molecule has 14 heteroatoms. The smallest absolute Gasteiger partial charge is 0.331 e.